The van der Waals surface area contributed by atoms with Crippen LogP contribution in [0.25, 0.3) is 9.88 Å². The van der Waals surface area contributed by atoms with Crippen LogP contribution in [0.1, 0.15) is 35.8 Å². The van der Waals surface area contributed by atoms with Gasteiger partial charge in [0.05, 0.1) is 4.88 Å². The third kappa shape index (κ3) is 5.02. The molecule has 0 unspecified atom stereocenters. The van der Waals surface area contributed by atoms with Crippen LogP contribution in [0, 0.1) is 0 Å². The van der Waals surface area contributed by atoms with Crippen LogP contribution in [0.15, 0.2) is 53.2 Å². The number of esters is 1. The SMILES string of the molecule is C[C@H](OC(=O)c1csc(-c2cccs2)n1)C(=O)NC[C@H](C)c1ccccc1. The van der Waals surface area contributed by atoms with Crippen molar-refractivity contribution in [2.45, 2.75) is 25.9 Å². The monoisotopic (exact) mass is 400 g/mol. The summed E-state index contributed by atoms with van der Waals surface area (Å²) in [5.74, 6) is -0.738. The predicted octanol–water partition coefficient (Wildman–Crippen LogP) is 4.34. The van der Waals surface area contributed by atoms with Gasteiger partial charge in [0.2, 0.25) is 0 Å². The third-order valence-electron chi connectivity index (χ3n) is 4.05. The molecule has 1 amide bonds. The van der Waals surface area contributed by atoms with Gasteiger partial charge in [-0.25, -0.2) is 9.78 Å². The number of hydrogen-bond donors (Lipinski definition) is 1. The zero-order chi connectivity index (χ0) is 19.2. The second kappa shape index (κ2) is 8.92. The third-order valence-corrected chi connectivity index (χ3v) is 5.93. The zero-order valence-corrected chi connectivity index (χ0v) is 16.7. The Morgan fingerprint density at radius 2 is 1.89 bits per heavy atom. The fraction of sp³-hybridized carbons (Fsp3) is 0.250. The Bertz CT molecular complexity index is 891. The molecule has 0 spiro atoms. The van der Waals surface area contributed by atoms with Gasteiger partial charge >= 0.3 is 5.97 Å². The summed E-state index contributed by atoms with van der Waals surface area (Å²) in [7, 11) is 0. The fourth-order valence-corrected chi connectivity index (χ4v) is 4.06. The zero-order valence-electron chi connectivity index (χ0n) is 15.0. The molecule has 0 aliphatic carbocycles. The van der Waals surface area contributed by atoms with Crippen molar-refractivity contribution in [3.63, 3.8) is 0 Å². The highest BCUT2D eigenvalue weighted by molar-refractivity contribution is 7.20. The minimum absolute atomic E-state index is 0.171. The number of nitrogens with one attached hydrogen (secondary N) is 1. The van der Waals surface area contributed by atoms with Crippen molar-refractivity contribution in [3.8, 4) is 9.88 Å². The molecule has 0 fully saturated rings. The van der Waals surface area contributed by atoms with Crippen molar-refractivity contribution in [1.29, 1.82) is 0 Å². The maximum absolute atomic E-state index is 12.2. The van der Waals surface area contributed by atoms with Crippen LogP contribution in [0.3, 0.4) is 0 Å². The highest BCUT2D eigenvalue weighted by atomic mass is 32.1. The Morgan fingerprint density at radius 1 is 1.11 bits per heavy atom. The molecular formula is C20H20N2O3S2. The second-order valence-electron chi connectivity index (χ2n) is 6.12. The number of benzene rings is 1. The van der Waals surface area contributed by atoms with Crippen molar-refractivity contribution in [1.82, 2.24) is 10.3 Å². The van der Waals surface area contributed by atoms with Gasteiger partial charge in [-0.1, -0.05) is 43.3 Å². The summed E-state index contributed by atoms with van der Waals surface area (Å²) >= 11 is 2.94. The van der Waals surface area contributed by atoms with E-state index in [1.165, 1.54) is 11.3 Å². The van der Waals surface area contributed by atoms with Gasteiger partial charge in [-0.3, -0.25) is 4.79 Å². The number of carbonyl (C=O) groups excluding carboxylic acids is 2. The number of nitrogens with zero attached hydrogens (tertiary/aromatic N) is 1. The normalized spacial score (nSPS) is 13.0. The molecular weight excluding hydrogens is 380 g/mol. The number of hydrogen-bond acceptors (Lipinski definition) is 6. The molecule has 0 saturated carbocycles. The van der Waals surface area contributed by atoms with E-state index in [0.29, 0.717) is 6.54 Å². The van der Waals surface area contributed by atoms with E-state index >= 15 is 0 Å². The molecule has 3 aromatic rings. The average Bonchev–Trinajstić information content (AvgIpc) is 3.37. The van der Waals surface area contributed by atoms with Crippen LogP contribution in [-0.4, -0.2) is 29.5 Å². The smallest absolute Gasteiger partial charge is 0.358 e. The molecule has 0 aliphatic rings. The van der Waals surface area contributed by atoms with Crippen LogP contribution in [-0.2, 0) is 9.53 Å². The first-order valence-electron chi connectivity index (χ1n) is 8.57. The van der Waals surface area contributed by atoms with Crippen LogP contribution < -0.4 is 5.32 Å². The quantitative estimate of drug-likeness (QED) is 0.599. The molecule has 0 aliphatic heterocycles. The molecule has 2 aromatic heterocycles. The lowest BCUT2D eigenvalue weighted by Gasteiger charge is -2.16. The molecule has 0 radical (unpaired) electrons. The molecule has 3 rings (SSSR count). The van der Waals surface area contributed by atoms with E-state index in [0.717, 1.165) is 15.4 Å². The van der Waals surface area contributed by atoms with Crippen molar-refractivity contribution in [3.05, 3.63) is 64.5 Å². The van der Waals surface area contributed by atoms with Gasteiger partial charge in [0, 0.05) is 11.9 Å². The number of carbonyl (C=O) groups is 2. The summed E-state index contributed by atoms with van der Waals surface area (Å²) in [5.41, 5.74) is 1.37. The lowest BCUT2D eigenvalue weighted by Crippen LogP contribution is -2.37. The Balaban J connectivity index is 1.51. The maximum Gasteiger partial charge on any atom is 0.358 e. The molecule has 27 heavy (non-hydrogen) atoms. The minimum Gasteiger partial charge on any atom is -0.448 e. The molecule has 2 atom stereocenters. The van der Waals surface area contributed by atoms with E-state index in [1.54, 1.807) is 23.6 Å². The van der Waals surface area contributed by atoms with Gasteiger partial charge in [-0.2, -0.15) is 0 Å². The van der Waals surface area contributed by atoms with E-state index in [9.17, 15) is 9.59 Å². The van der Waals surface area contributed by atoms with Gasteiger partial charge in [0.15, 0.2) is 11.8 Å². The van der Waals surface area contributed by atoms with Crippen LogP contribution >= 0.6 is 22.7 Å². The number of rotatable bonds is 7. The maximum atomic E-state index is 12.2. The van der Waals surface area contributed by atoms with E-state index < -0.39 is 12.1 Å². The first-order chi connectivity index (χ1) is 13.0. The molecule has 2 heterocycles. The van der Waals surface area contributed by atoms with E-state index in [-0.39, 0.29) is 17.5 Å². The van der Waals surface area contributed by atoms with Crippen molar-refractivity contribution in [2.24, 2.45) is 0 Å². The number of amides is 1. The number of ether oxygens (including phenoxy) is 1. The molecule has 1 N–H and O–H groups in total. The number of thiophene rings is 1. The summed E-state index contributed by atoms with van der Waals surface area (Å²) in [6, 6.07) is 13.8. The standard InChI is InChI=1S/C20H20N2O3S2/c1-13(15-7-4-3-5-8-15)11-21-18(23)14(2)25-20(24)16-12-27-19(22-16)17-9-6-10-26-17/h3-10,12-14H,11H2,1-2H3,(H,21,23)/t13-,14-/m0/s1. The molecule has 0 saturated heterocycles. The van der Waals surface area contributed by atoms with Gasteiger partial charge in [0.1, 0.15) is 5.01 Å². The Morgan fingerprint density at radius 3 is 2.59 bits per heavy atom. The summed E-state index contributed by atoms with van der Waals surface area (Å²) in [6.45, 7) is 4.07. The fourth-order valence-electron chi connectivity index (χ4n) is 2.45. The number of aromatic nitrogens is 1. The molecule has 140 valence electrons. The first kappa shape index (κ1) is 19.3. The van der Waals surface area contributed by atoms with Crippen LogP contribution in [0.2, 0.25) is 0 Å². The summed E-state index contributed by atoms with van der Waals surface area (Å²) in [5, 5.41) is 7.21. The van der Waals surface area contributed by atoms with E-state index in [4.69, 9.17) is 4.74 Å². The largest absolute Gasteiger partial charge is 0.448 e. The Hall–Kier alpha value is -2.51. The summed E-state index contributed by atoms with van der Waals surface area (Å²) < 4.78 is 5.26. The highest BCUT2D eigenvalue weighted by Gasteiger charge is 2.21. The van der Waals surface area contributed by atoms with Gasteiger partial charge in [0.25, 0.3) is 5.91 Å². The second-order valence-corrected chi connectivity index (χ2v) is 7.93. The predicted molar refractivity (Wildman–Crippen MR) is 108 cm³/mol. The van der Waals surface area contributed by atoms with Crippen molar-refractivity contribution < 1.29 is 14.3 Å². The van der Waals surface area contributed by atoms with Crippen LogP contribution in [0.4, 0.5) is 0 Å². The average molecular weight is 401 g/mol. The summed E-state index contributed by atoms with van der Waals surface area (Å²) in [6.07, 6.45) is -0.882. The summed E-state index contributed by atoms with van der Waals surface area (Å²) in [4.78, 5) is 29.8. The lowest BCUT2D eigenvalue weighted by molar-refractivity contribution is -0.129. The molecule has 0 bridgehead atoms. The number of thiazole rings is 1. The van der Waals surface area contributed by atoms with Gasteiger partial charge in [-0.15, -0.1) is 22.7 Å². The highest BCUT2D eigenvalue weighted by Crippen LogP contribution is 2.28. The molecule has 1 aromatic carbocycles. The Labute approximate surface area is 166 Å². The van der Waals surface area contributed by atoms with Crippen LogP contribution in [0.5, 0.6) is 0 Å². The topological polar surface area (TPSA) is 68.3 Å². The van der Waals surface area contributed by atoms with Crippen molar-refractivity contribution >= 4 is 34.6 Å². The van der Waals surface area contributed by atoms with Gasteiger partial charge < -0.3 is 10.1 Å². The first-order valence-corrected chi connectivity index (χ1v) is 10.3. The van der Waals surface area contributed by atoms with E-state index in [2.05, 4.69) is 10.3 Å². The van der Waals surface area contributed by atoms with Gasteiger partial charge in [-0.05, 0) is 29.9 Å². The van der Waals surface area contributed by atoms with E-state index in [1.807, 2.05) is 54.8 Å². The minimum atomic E-state index is -0.882. The van der Waals surface area contributed by atoms with Crippen molar-refractivity contribution in [2.75, 3.05) is 6.54 Å². The lowest BCUT2D eigenvalue weighted by atomic mass is 10.0. The molecule has 5 nitrogen and oxygen atoms in total. The molecule has 7 heteroatoms. The Kier molecular flexibility index (Phi) is 6.36.